The van der Waals surface area contributed by atoms with Gasteiger partial charge < -0.3 is 14.4 Å². The number of anilines is 3. The Bertz CT molecular complexity index is 1370. The van der Waals surface area contributed by atoms with Crippen LogP contribution in [0.3, 0.4) is 0 Å². The number of methoxy groups -OCH3 is 2. The van der Waals surface area contributed by atoms with Crippen molar-refractivity contribution in [1.82, 2.24) is 9.97 Å². The topological polar surface area (TPSA) is 185 Å². The van der Waals surface area contributed by atoms with E-state index >= 15 is 0 Å². The molecule has 2 rings (SSSR count). The number of ketones is 1. The second kappa shape index (κ2) is 14.5. The molecular weight excluding hydrogens is 538 g/mol. The fourth-order valence-electron chi connectivity index (χ4n) is 3.99. The Balaban J connectivity index is 2.28. The van der Waals surface area contributed by atoms with Crippen LogP contribution in [0.15, 0.2) is 29.1 Å². The summed E-state index contributed by atoms with van der Waals surface area (Å²) in [5, 5.41) is 2.34. The molecule has 1 heterocycles. The minimum Gasteiger partial charge on any atom is -0.469 e. The number of ether oxygens (including phenoxy) is 2. The number of hydrogen-bond acceptors (Lipinski definition) is 11. The van der Waals surface area contributed by atoms with Gasteiger partial charge in [-0.3, -0.25) is 43.9 Å². The van der Waals surface area contributed by atoms with E-state index < -0.39 is 46.9 Å². The molecule has 0 radical (unpaired) electrons. The molecule has 2 N–H and O–H groups in total. The van der Waals surface area contributed by atoms with E-state index in [2.05, 4.69) is 20.0 Å². The van der Waals surface area contributed by atoms with Crippen molar-refractivity contribution < 1.29 is 38.2 Å². The number of nitrogens with zero attached hydrogens (tertiary/aromatic N) is 3. The third-order valence-electron chi connectivity index (χ3n) is 6.09. The quantitative estimate of drug-likeness (QED) is 0.212. The highest BCUT2D eigenvalue weighted by Gasteiger charge is 2.29. The standard InChI is InChI=1S/C27H33N5O9/c1-15(33)28-27-29-24(32(16(2)34)17(3)35)21(25(38)30-27)13-14-31(4)19-9-7-18(8-10-19)23(37)20(26(39)41-6)11-12-22(36)40-5/h7-10,20H,11-14H2,1-6H3,(H2,28,29,30,33,38). The average molecular weight is 572 g/mol. The van der Waals surface area contributed by atoms with Crippen LogP contribution in [0, 0.1) is 5.92 Å². The number of benzene rings is 1. The Kier molecular flexibility index (Phi) is 11.4. The lowest BCUT2D eigenvalue weighted by Crippen LogP contribution is -2.37. The molecule has 1 aromatic carbocycles. The zero-order valence-electron chi connectivity index (χ0n) is 23.7. The molecule has 14 nitrogen and oxygen atoms in total. The minimum absolute atomic E-state index is 0.0506. The van der Waals surface area contributed by atoms with Gasteiger partial charge in [0.2, 0.25) is 23.7 Å². The summed E-state index contributed by atoms with van der Waals surface area (Å²) in [4.78, 5) is 94.5. The van der Waals surface area contributed by atoms with Gasteiger partial charge in [0.15, 0.2) is 11.6 Å². The van der Waals surface area contributed by atoms with Gasteiger partial charge in [-0.15, -0.1) is 0 Å². The van der Waals surface area contributed by atoms with E-state index in [-0.39, 0.29) is 48.7 Å². The van der Waals surface area contributed by atoms with Gasteiger partial charge in [0.05, 0.1) is 19.8 Å². The number of esters is 2. The first-order valence-corrected chi connectivity index (χ1v) is 12.5. The lowest BCUT2D eigenvalue weighted by atomic mass is 9.93. The molecule has 0 spiro atoms. The van der Waals surface area contributed by atoms with Crippen LogP contribution in [0.1, 0.15) is 49.5 Å². The molecule has 0 bridgehead atoms. The maximum atomic E-state index is 13.0. The molecule has 0 aliphatic rings. The molecule has 41 heavy (non-hydrogen) atoms. The number of rotatable bonds is 12. The first kappa shape index (κ1) is 32.3. The molecule has 14 heteroatoms. The summed E-state index contributed by atoms with van der Waals surface area (Å²) in [5.74, 6) is -5.22. The van der Waals surface area contributed by atoms with Crippen molar-refractivity contribution in [3.8, 4) is 0 Å². The zero-order valence-corrected chi connectivity index (χ0v) is 23.7. The van der Waals surface area contributed by atoms with Crippen LogP contribution < -0.4 is 20.7 Å². The van der Waals surface area contributed by atoms with Gasteiger partial charge in [-0.25, -0.2) is 4.90 Å². The number of Topliss-reactive ketones (excluding diaryl/α,β-unsaturated/α-hetero) is 1. The molecule has 1 unspecified atom stereocenters. The van der Waals surface area contributed by atoms with Crippen LogP contribution in [0.2, 0.25) is 0 Å². The van der Waals surface area contributed by atoms with Gasteiger partial charge in [0.25, 0.3) is 5.56 Å². The zero-order chi connectivity index (χ0) is 30.9. The van der Waals surface area contributed by atoms with Gasteiger partial charge in [0.1, 0.15) is 5.92 Å². The fraction of sp³-hybridized carbons (Fsp3) is 0.407. The number of carbonyl (C=O) groups excluding carboxylic acids is 6. The number of likely N-dealkylation sites (N-methyl/N-ethyl adjacent to an activating group) is 1. The Morgan fingerprint density at radius 2 is 1.59 bits per heavy atom. The number of nitrogens with one attached hydrogen (secondary N) is 2. The summed E-state index contributed by atoms with van der Waals surface area (Å²) in [7, 11) is 4.10. The highest BCUT2D eigenvalue weighted by Crippen LogP contribution is 2.22. The predicted molar refractivity (Wildman–Crippen MR) is 148 cm³/mol. The Morgan fingerprint density at radius 3 is 2.10 bits per heavy atom. The lowest BCUT2D eigenvalue weighted by molar-refractivity contribution is -0.145. The van der Waals surface area contributed by atoms with E-state index in [4.69, 9.17) is 4.74 Å². The van der Waals surface area contributed by atoms with E-state index in [1.54, 1.807) is 24.1 Å². The van der Waals surface area contributed by atoms with Gasteiger partial charge >= 0.3 is 11.9 Å². The number of aromatic nitrogens is 2. The maximum absolute atomic E-state index is 13.0. The third kappa shape index (κ3) is 8.55. The van der Waals surface area contributed by atoms with E-state index in [1.807, 2.05) is 0 Å². The second-order valence-electron chi connectivity index (χ2n) is 9.04. The monoisotopic (exact) mass is 571 g/mol. The van der Waals surface area contributed by atoms with Crippen molar-refractivity contribution in [2.24, 2.45) is 5.92 Å². The molecule has 1 atom stereocenters. The fourth-order valence-corrected chi connectivity index (χ4v) is 3.99. The van der Waals surface area contributed by atoms with Crippen LogP contribution in [0.5, 0.6) is 0 Å². The van der Waals surface area contributed by atoms with Gasteiger partial charge in [0, 0.05) is 52.0 Å². The summed E-state index contributed by atoms with van der Waals surface area (Å²) in [6, 6.07) is 6.33. The molecule has 2 aromatic rings. The maximum Gasteiger partial charge on any atom is 0.316 e. The third-order valence-corrected chi connectivity index (χ3v) is 6.09. The van der Waals surface area contributed by atoms with Gasteiger partial charge in [-0.1, -0.05) is 0 Å². The van der Waals surface area contributed by atoms with Crippen LogP contribution in [-0.2, 0) is 39.9 Å². The van der Waals surface area contributed by atoms with Crippen LogP contribution in [0.25, 0.3) is 0 Å². The molecule has 0 aliphatic carbocycles. The van der Waals surface area contributed by atoms with Crippen LogP contribution >= 0.6 is 0 Å². The predicted octanol–water partition coefficient (Wildman–Crippen LogP) is 1.23. The Morgan fingerprint density at radius 1 is 0.976 bits per heavy atom. The molecule has 220 valence electrons. The van der Waals surface area contributed by atoms with Gasteiger partial charge in [-0.05, 0) is 37.1 Å². The highest BCUT2D eigenvalue weighted by atomic mass is 16.5. The SMILES string of the molecule is COC(=O)CCC(C(=O)OC)C(=O)c1ccc(N(C)CCc2c(N(C(C)=O)C(C)=O)nc(NC(C)=O)[nH]c2=O)cc1. The summed E-state index contributed by atoms with van der Waals surface area (Å²) >= 11 is 0. The first-order chi connectivity index (χ1) is 19.3. The Hall–Kier alpha value is -4.88. The summed E-state index contributed by atoms with van der Waals surface area (Å²) in [5.41, 5.74) is 0.301. The molecule has 1 aromatic heterocycles. The van der Waals surface area contributed by atoms with Gasteiger partial charge in [-0.2, -0.15) is 4.98 Å². The summed E-state index contributed by atoms with van der Waals surface area (Å²) < 4.78 is 9.31. The number of amides is 3. The molecule has 3 amide bonds. The van der Waals surface area contributed by atoms with Crippen molar-refractivity contribution in [3.05, 3.63) is 45.7 Å². The Labute approximate surface area is 236 Å². The number of hydrogen-bond donors (Lipinski definition) is 2. The average Bonchev–Trinajstić information content (AvgIpc) is 2.91. The molecule has 0 aliphatic heterocycles. The molecule has 0 saturated carbocycles. The smallest absolute Gasteiger partial charge is 0.316 e. The van der Waals surface area contributed by atoms with E-state index in [1.165, 1.54) is 26.2 Å². The number of H-pyrrole nitrogens is 1. The molecule has 0 saturated heterocycles. The minimum atomic E-state index is -1.17. The number of aromatic amines is 1. The van der Waals surface area contributed by atoms with Crippen molar-refractivity contribution in [1.29, 1.82) is 0 Å². The number of carbonyl (C=O) groups is 6. The second-order valence-corrected chi connectivity index (χ2v) is 9.04. The number of imide groups is 1. The van der Waals surface area contributed by atoms with Crippen LogP contribution in [-0.4, -0.2) is 73.2 Å². The molecular formula is C27H33N5O9. The van der Waals surface area contributed by atoms with Crippen molar-refractivity contribution in [2.75, 3.05) is 42.9 Å². The summed E-state index contributed by atoms with van der Waals surface area (Å²) in [6.45, 7) is 3.76. The van der Waals surface area contributed by atoms with E-state index in [0.717, 1.165) is 25.9 Å². The van der Waals surface area contributed by atoms with Crippen molar-refractivity contribution in [3.63, 3.8) is 0 Å². The highest BCUT2D eigenvalue weighted by molar-refractivity contribution is 6.13. The summed E-state index contributed by atoms with van der Waals surface area (Å²) in [6.07, 6.45) is -0.136. The van der Waals surface area contributed by atoms with Crippen molar-refractivity contribution in [2.45, 2.75) is 40.0 Å². The normalized spacial score (nSPS) is 11.2. The first-order valence-electron chi connectivity index (χ1n) is 12.5. The lowest BCUT2D eigenvalue weighted by Gasteiger charge is -2.23. The largest absolute Gasteiger partial charge is 0.469 e. The van der Waals surface area contributed by atoms with E-state index in [9.17, 15) is 33.6 Å². The van der Waals surface area contributed by atoms with E-state index in [0.29, 0.717) is 5.69 Å². The van der Waals surface area contributed by atoms with Crippen molar-refractivity contribution >= 4 is 52.9 Å². The molecule has 0 fully saturated rings. The van der Waals surface area contributed by atoms with Crippen LogP contribution in [0.4, 0.5) is 17.5 Å².